The molecule has 1 aliphatic heterocycles. The van der Waals surface area contributed by atoms with Crippen LogP contribution in [0.25, 0.3) is 0 Å². The van der Waals surface area contributed by atoms with Crippen LogP contribution in [0, 0.1) is 11.8 Å². The van der Waals surface area contributed by atoms with Crippen molar-refractivity contribution in [3.05, 3.63) is 12.2 Å². The smallest absolute Gasteiger partial charge is 0.250 e. The van der Waals surface area contributed by atoms with Crippen molar-refractivity contribution in [2.24, 2.45) is 11.8 Å². The van der Waals surface area contributed by atoms with Gasteiger partial charge in [-0.3, -0.25) is 14.9 Å². The number of hydrogen-bond donors (Lipinski definition) is 1. The lowest BCUT2D eigenvalue weighted by Crippen LogP contribution is -2.19. The van der Waals surface area contributed by atoms with Gasteiger partial charge in [-0.15, -0.1) is 0 Å². The highest BCUT2D eigenvalue weighted by Crippen LogP contribution is 2.26. The normalized spacial score (nSPS) is 28.1. The quantitative estimate of drug-likeness (QED) is 0.537. The minimum absolute atomic E-state index is 0.329. The van der Waals surface area contributed by atoms with Gasteiger partial charge in [-0.2, -0.15) is 0 Å². The molecule has 0 unspecified atom stereocenters. The van der Waals surface area contributed by atoms with Gasteiger partial charge in [0.15, 0.2) is 0 Å². The lowest BCUT2D eigenvalue weighted by atomic mass is 9.84. The minimum atomic E-state index is -0.329. The van der Waals surface area contributed by atoms with E-state index in [-0.39, 0.29) is 11.8 Å². The number of carbonyl (C=O) groups excluding carboxylic acids is 3. The van der Waals surface area contributed by atoms with Gasteiger partial charge in [-0.25, -0.2) is 0 Å². The molecule has 1 saturated carbocycles. The minimum Gasteiger partial charge on any atom is -0.303 e. The van der Waals surface area contributed by atoms with E-state index in [1.165, 1.54) is 25.0 Å². The fraction of sp³-hybridized carbons (Fsp3) is 0.583. The van der Waals surface area contributed by atoms with Crippen LogP contribution in [-0.2, 0) is 14.4 Å². The molecule has 4 nitrogen and oxygen atoms in total. The van der Waals surface area contributed by atoms with Gasteiger partial charge in [-0.05, 0) is 18.8 Å². The second kappa shape index (κ2) is 6.20. The molecule has 0 aromatic rings. The number of aldehydes is 1. The summed E-state index contributed by atoms with van der Waals surface area (Å²) in [6.45, 7) is 2.26. The monoisotopic (exact) mass is 223 g/mol. The summed E-state index contributed by atoms with van der Waals surface area (Å²) in [6.07, 6.45) is 8.28. The van der Waals surface area contributed by atoms with Crippen molar-refractivity contribution in [1.82, 2.24) is 5.32 Å². The van der Waals surface area contributed by atoms with Gasteiger partial charge in [-0.1, -0.05) is 19.8 Å². The van der Waals surface area contributed by atoms with E-state index in [0.717, 1.165) is 25.0 Å². The van der Waals surface area contributed by atoms with E-state index in [2.05, 4.69) is 6.92 Å². The Labute approximate surface area is 95.1 Å². The Kier molecular flexibility index (Phi) is 4.89. The fourth-order valence-electron chi connectivity index (χ4n) is 1.78. The van der Waals surface area contributed by atoms with Gasteiger partial charge in [0.25, 0.3) is 11.8 Å². The van der Waals surface area contributed by atoms with Crippen molar-refractivity contribution in [1.29, 1.82) is 0 Å². The summed E-state index contributed by atoms with van der Waals surface area (Å²) in [6, 6.07) is 0. The Morgan fingerprint density at radius 1 is 1.12 bits per heavy atom. The second-order valence-electron chi connectivity index (χ2n) is 4.34. The van der Waals surface area contributed by atoms with Crippen molar-refractivity contribution in [3.8, 4) is 0 Å². The van der Waals surface area contributed by atoms with E-state index in [4.69, 9.17) is 0 Å². The van der Waals surface area contributed by atoms with Crippen LogP contribution >= 0.6 is 0 Å². The van der Waals surface area contributed by atoms with Gasteiger partial charge >= 0.3 is 0 Å². The summed E-state index contributed by atoms with van der Waals surface area (Å²) in [5, 5.41) is 2.03. The van der Waals surface area contributed by atoms with Crippen LogP contribution < -0.4 is 5.32 Å². The molecule has 2 amide bonds. The Hall–Kier alpha value is -1.45. The number of nitrogens with one attached hydrogen (secondary N) is 1. The maximum absolute atomic E-state index is 10.3. The zero-order chi connectivity index (χ0) is 12.0. The molecule has 2 rings (SSSR count). The maximum atomic E-state index is 10.3. The molecule has 0 aromatic heterocycles. The van der Waals surface area contributed by atoms with Crippen LogP contribution in [0.3, 0.4) is 0 Å². The van der Waals surface area contributed by atoms with Crippen LogP contribution in [0.2, 0.25) is 0 Å². The lowest BCUT2D eigenvalue weighted by Gasteiger charge is -2.21. The van der Waals surface area contributed by atoms with Crippen molar-refractivity contribution in [3.63, 3.8) is 0 Å². The van der Waals surface area contributed by atoms with Crippen LogP contribution in [0.5, 0.6) is 0 Å². The molecule has 0 radical (unpaired) electrons. The molecule has 1 aliphatic carbocycles. The number of rotatable bonds is 1. The van der Waals surface area contributed by atoms with Crippen LogP contribution in [-0.4, -0.2) is 18.1 Å². The zero-order valence-corrected chi connectivity index (χ0v) is 9.44. The standard InChI is InChI=1S/C8H14O.C4H3NO2/c1-7-2-4-8(6-9)5-3-7;6-3-1-2-4(7)5-3/h6-8H,2-5H2,1H3;1-2H,(H,5,6,7). The summed E-state index contributed by atoms with van der Waals surface area (Å²) >= 11 is 0. The first-order valence-corrected chi connectivity index (χ1v) is 5.60. The molecule has 1 fully saturated rings. The van der Waals surface area contributed by atoms with Gasteiger partial charge in [0.2, 0.25) is 0 Å². The largest absolute Gasteiger partial charge is 0.303 e. The molecule has 88 valence electrons. The van der Waals surface area contributed by atoms with Gasteiger partial charge in [0.05, 0.1) is 0 Å². The Bertz CT molecular complexity index is 285. The van der Waals surface area contributed by atoms with Crippen molar-refractivity contribution in [2.45, 2.75) is 32.6 Å². The number of amides is 2. The van der Waals surface area contributed by atoms with Crippen LogP contribution in [0.15, 0.2) is 12.2 Å². The van der Waals surface area contributed by atoms with Crippen molar-refractivity contribution in [2.75, 3.05) is 0 Å². The third kappa shape index (κ3) is 4.38. The SMILES string of the molecule is CC1CCC(C=O)CC1.O=C1C=CC(=O)N1. The van der Waals surface area contributed by atoms with E-state index < -0.39 is 0 Å². The highest BCUT2D eigenvalue weighted by atomic mass is 16.2. The average molecular weight is 223 g/mol. The summed E-state index contributed by atoms with van der Waals surface area (Å²) in [5.74, 6) is 0.595. The number of hydrogen-bond acceptors (Lipinski definition) is 3. The molecule has 16 heavy (non-hydrogen) atoms. The molecule has 0 aromatic carbocycles. The van der Waals surface area contributed by atoms with Crippen LogP contribution in [0.4, 0.5) is 0 Å². The van der Waals surface area contributed by atoms with Crippen molar-refractivity contribution >= 4 is 18.1 Å². The first kappa shape index (κ1) is 12.6. The van der Waals surface area contributed by atoms with Gasteiger partial charge < -0.3 is 4.79 Å². The summed E-state index contributed by atoms with van der Waals surface area (Å²) in [4.78, 5) is 30.3. The first-order valence-electron chi connectivity index (χ1n) is 5.60. The molecule has 0 bridgehead atoms. The highest BCUT2D eigenvalue weighted by Gasteiger charge is 2.16. The van der Waals surface area contributed by atoms with E-state index in [0.29, 0.717) is 5.92 Å². The Morgan fingerprint density at radius 2 is 1.62 bits per heavy atom. The summed E-state index contributed by atoms with van der Waals surface area (Å²) in [5.41, 5.74) is 0. The molecular formula is C12H17NO3. The maximum Gasteiger partial charge on any atom is 0.250 e. The zero-order valence-electron chi connectivity index (χ0n) is 9.44. The second-order valence-corrected chi connectivity index (χ2v) is 4.34. The molecule has 2 aliphatic rings. The number of carbonyl (C=O) groups is 3. The average Bonchev–Trinajstić information content (AvgIpc) is 2.65. The lowest BCUT2D eigenvalue weighted by molar-refractivity contribution is -0.123. The fourth-order valence-corrected chi connectivity index (χ4v) is 1.78. The number of imide groups is 1. The predicted octanol–water partition coefficient (Wildman–Crippen LogP) is 1.21. The third-order valence-electron chi connectivity index (χ3n) is 2.89. The Balaban J connectivity index is 0.000000165. The predicted molar refractivity (Wildman–Crippen MR) is 59.5 cm³/mol. The van der Waals surface area contributed by atoms with Gasteiger partial charge in [0, 0.05) is 18.1 Å². The van der Waals surface area contributed by atoms with E-state index >= 15 is 0 Å². The van der Waals surface area contributed by atoms with Gasteiger partial charge in [0.1, 0.15) is 6.29 Å². The topological polar surface area (TPSA) is 63.2 Å². The molecule has 0 atom stereocenters. The van der Waals surface area contributed by atoms with E-state index in [9.17, 15) is 14.4 Å². The molecule has 1 heterocycles. The molecule has 0 saturated heterocycles. The molecule has 1 N–H and O–H groups in total. The summed E-state index contributed by atoms with van der Waals surface area (Å²) in [7, 11) is 0. The Morgan fingerprint density at radius 3 is 1.94 bits per heavy atom. The highest BCUT2D eigenvalue weighted by molar-refractivity contribution is 6.12. The third-order valence-corrected chi connectivity index (χ3v) is 2.89. The first-order chi connectivity index (χ1) is 7.61. The molecule has 0 spiro atoms. The summed E-state index contributed by atoms with van der Waals surface area (Å²) < 4.78 is 0. The van der Waals surface area contributed by atoms with E-state index in [1.807, 2.05) is 5.32 Å². The van der Waals surface area contributed by atoms with Crippen LogP contribution in [0.1, 0.15) is 32.6 Å². The van der Waals surface area contributed by atoms with Crippen molar-refractivity contribution < 1.29 is 14.4 Å². The molecule has 4 heteroatoms. The molecular weight excluding hydrogens is 206 g/mol. The van der Waals surface area contributed by atoms with E-state index in [1.54, 1.807) is 0 Å².